The maximum absolute atomic E-state index is 12.7. The number of carboxylic acids is 1. The van der Waals surface area contributed by atoms with Crippen molar-refractivity contribution in [3.05, 3.63) is 53.6 Å². The lowest BCUT2D eigenvalue weighted by molar-refractivity contribution is -0.137. The predicted molar refractivity (Wildman–Crippen MR) is 78.6 cm³/mol. The second-order valence-corrected chi connectivity index (χ2v) is 4.15. The lowest BCUT2D eigenvalue weighted by Gasteiger charge is -2.15. The van der Waals surface area contributed by atoms with Gasteiger partial charge in [0.1, 0.15) is 0 Å². The zero-order valence-electron chi connectivity index (χ0n) is 12.0. The van der Waals surface area contributed by atoms with Crippen molar-refractivity contribution in [1.82, 2.24) is 0 Å². The maximum atomic E-state index is 12.7. The van der Waals surface area contributed by atoms with Crippen molar-refractivity contribution in [3.63, 3.8) is 0 Å². The van der Waals surface area contributed by atoms with Gasteiger partial charge in [-0.05, 0) is 18.2 Å². The number of halogens is 3. The van der Waals surface area contributed by atoms with Crippen LogP contribution in [0.4, 0.5) is 18.9 Å². The molecule has 1 rings (SSSR count). The number of methoxy groups -OCH3 is 1. The van der Waals surface area contributed by atoms with E-state index in [4.69, 9.17) is 15.6 Å². The Balaban J connectivity index is 3.15. The molecule has 0 fully saturated rings. The van der Waals surface area contributed by atoms with Crippen molar-refractivity contribution in [1.29, 1.82) is 0 Å². The molecule has 1 aromatic carbocycles. The summed E-state index contributed by atoms with van der Waals surface area (Å²) in [6.45, 7) is 3.55. The van der Waals surface area contributed by atoms with E-state index in [1.807, 2.05) is 0 Å². The monoisotopic (exact) mass is 329 g/mol. The first-order chi connectivity index (χ1) is 10.7. The Kier molecular flexibility index (Phi) is 5.77. The quantitative estimate of drug-likeness (QED) is 0.245. The van der Waals surface area contributed by atoms with E-state index >= 15 is 0 Å². The number of aliphatic imine (C=N–C) groups is 1. The number of carboxylic acid groups (broad SMARTS) is 1. The summed E-state index contributed by atoms with van der Waals surface area (Å²) in [4.78, 5) is 14.5. The zero-order valence-corrected chi connectivity index (χ0v) is 12.0. The van der Waals surface area contributed by atoms with Crippen LogP contribution in [0.5, 0.6) is 0 Å². The number of alkyl halides is 3. The van der Waals surface area contributed by atoms with Gasteiger partial charge >= 0.3 is 12.1 Å². The molecular weight excluding hydrogens is 315 g/mol. The molecule has 0 amide bonds. The third kappa shape index (κ3) is 4.77. The molecule has 4 N–H and O–H groups in total. The van der Waals surface area contributed by atoms with E-state index < -0.39 is 23.4 Å². The van der Waals surface area contributed by atoms with Gasteiger partial charge in [-0.3, -0.25) is 0 Å². The van der Waals surface area contributed by atoms with Crippen LogP contribution in [-0.4, -0.2) is 24.5 Å². The highest BCUT2D eigenvalue weighted by Gasteiger charge is 2.30. The first-order valence-corrected chi connectivity index (χ1v) is 6.10. The minimum atomic E-state index is -4.50. The van der Waals surface area contributed by atoms with E-state index in [-0.39, 0.29) is 17.1 Å². The van der Waals surface area contributed by atoms with E-state index in [0.29, 0.717) is 0 Å². The molecule has 0 saturated heterocycles. The van der Waals surface area contributed by atoms with Crippen LogP contribution in [0.15, 0.2) is 53.0 Å². The highest BCUT2D eigenvalue weighted by atomic mass is 19.4. The van der Waals surface area contributed by atoms with E-state index in [0.717, 1.165) is 18.5 Å². The number of carbonyl (C=O) groups is 1. The van der Waals surface area contributed by atoms with Crippen LogP contribution in [0.1, 0.15) is 5.56 Å². The van der Waals surface area contributed by atoms with Crippen molar-refractivity contribution in [3.8, 4) is 0 Å². The zero-order chi connectivity index (χ0) is 17.6. The second-order valence-electron chi connectivity index (χ2n) is 4.15. The third-order valence-electron chi connectivity index (χ3n) is 2.58. The average Bonchev–Trinajstić information content (AvgIpc) is 2.46. The van der Waals surface area contributed by atoms with Gasteiger partial charge in [-0.1, -0.05) is 12.6 Å². The molecule has 0 aliphatic rings. The van der Waals surface area contributed by atoms with Crippen LogP contribution in [0.3, 0.4) is 0 Å². The van der Waals surface area contributed by atoms with Crippen LogP contribution < -0.4 is 11.1 Å². The minimum absolute atomic E-state index is 0.0563. The van der Waals surface area contributed by atoms with Crippen molar-refractivity contribution < 1.29 is 27.8 Å². The second kappa shape index (κ2) is 7.34. The molecule has 0 atom stereocenters. The number of aliphatic carboxylic acids is 1. The average molecular weight is 329 g/mol. The van der Waals surface area contributed by atoms with Gasteiger partial charge in [-0.15, -0.1) is 0 Å². The number of nitrogens with one attached hydrogen (secondary N) is 1. The van der Waals surface area contributed by atoms with Gasteiger partial charge in [0, 0.05) is 5.69 Å². The molecule has 0 unspecified atom stereocenters. The van der Waals surface area contributed by atoms with Gasteiger partial charge in [0.2, 0.25) is 0 Å². The molecule has 9 heteroatoms. The standard InChI is InChI=1S/C14H14F3N3O3/c1-8(12(23-2)11(13(21)22)19-7-18)20-10-5-3-4-9(6-10)14(15,16)17/h3-7,20H,1H2,2H3,(H2,18,19)(H,21,22)/b12-11+. The van der Waals surface area contributed by atoms with Crippen LogP contribution in [-0.2, 0) is 15.7 Å². The predicted octanol–water partition coefficient (Wildman–Crippen LogP) is 2.56. The molecule has 0 heterocycles. The van der Waals surface area contributed by atoms with E-state index in [9.17, 15) is 18.0 Å². The maximum Gasteiger partial charge on any atom is 0.416 e. The minimum Gasteiger partial charge on any atom is -0.492 e. The highest BCUT2D eigenvalue weighted by Crippen LogP contribution is 2.31. The summed E-state index contributed by atoms with van der Waals surface area (Å²) < 4.78 is 42.9. The van der Waals surface area contributed by atoms with Crippen molar-refractivity contribution in [2.75, 3.05) is 12.4 Å². The molecule has 0 aromatic heterocycles. The molecule has 23 heavy (non-hydrogen) atoms. The number of nitrogens with zero attached hydrogens (tertiary/aromatic N) is 1. The first-order valence-electron chi connectivity index (χ1n) is 6.10. The summed E-state index contributed by atoms with van der Waals surface area (Å²) in [6, 6.07) is 4.32. The van der Waals surface area contributed by atoms with Crippen LogP contribution in [0.2, 0.25) is 0 Å². The molecule has 0 radical (unpaired) electrons. The van der Waals surface area contributed by atoms with Crippen LogP contribution >= 0.6 is 0 Å². The largest absolute Gasteiger partial charge is 0.492 e. The van der Waals surface area contributed by atoms with Gasteiger partial charge in [0.05, 0.1) is 24.7 Å². The molecular formula is C14H14F3N3O3. The highest BCUT2D eigenvalue weighted by molar-refractivity contribution is 5.89. The Morgan fingerprint density at radius 2 is 2.13 bits per heavy atom. The first kappa shape index (κ1) is 18.1. The fourth-order valence-corrected chi connectivity index (χ4v) is 1.65. The summed E-state index contributed by atoms with van der Waals surface area (Å²) in [6.07, 6.45) is -3.75. The Morgan fingerprint density at radius 1 is 1.48 bits per heavy atom. The van der Waals surface area contributed by atoms with Crippen LogP contribution in [0.25, 0.3) is 0 Å². The summed E-state index contributed by atoms with van der Waals surface area (Å²) in [5, 5.41) is 11.6. The molecule has 0 spiro atoms. The molecule has 0 aliphatic heterocycles. The van der Waals surface area contributed by atoms with E-state index in [2.05, 4.69) is 16.9 Å². The molecule has 6 nitrogen and oxygen atoms in total. The Morgan fingerprint density at radius 3 is 2.61 bits per heavy atom. The molecule has 0 saturated carbocycles. The molecule has 0 bridgehead atoms. The number of nitrogens with two attached hydrogens (primary N) is 1. The number of benzene rings is 1. The van der Waals surface area contributed by atoms with Gasteiger partial charge in [0.15, 0.2) is 11.5 Å². The van der Waals surface area contributed by atoms with Gasteiger partial charge in [0.25, 0.3) is 0 Å². The Hall–Kier alpha value is -2.97. The number of anilines is 1. The summed E-state index contributed by atoms with van der Waals surface area (Å²) >= 11 is 0. The van der Waals surface area contributed by atoms with E-state index in [1.165, 1.54) is 19.2 Å². The van der Waals surface area contributed by atoms with Gasteiger partial charge < -0.3 is 20.9 Å². The molecule has 1 aromatic rings. The van der Waals surface area contributed by atoms with Crippen LogP contribution in [0, 0.1) is 0 Å². The normalized spacial score (nSPS) is 12.7. The lowest BCUT2D eigenvalue weighted by Crippen LogP contribution is -2.12. The smallest absolute Gasteiger partial charge is 0.416 e. The summed E-state index contributed by atoms with van der Waals surface area (Å²) in [7, 11) is 1.17. The summed E-state index contributed by atoms with van der Waals surface area (Å²) in [5.74, 6) is -1.70. The lowest BCUT2D eigenvalue weighted by atomic mass is 10.2. The van der Waals surface area contributed by atoms with Crippen molar-refractivity contribution in [2.24, 2.45) is 10.7 Å². The van der Waals surface area contributed by atoms with Gasteiger partial charge in [-0.25, -0.2) is 9.79 Å². The van der Waals surface area contributed by atoms with Crippen molar-refractivity contribution >= 4 is 18.0 Å². The molecule has 124 valence electrons. The van der Waals surface area contributed by atoms with E-state index in [1.54, 1.807) is 0 Å². The summed E-state index contributed by atoms with van der Waals surface area (Å²) in [5.41, 5.74) is 3.62. The number of rotatable bonds is 6. The number of hydrogen-bond donors (Lipinski definition) is 3. The number of hydrogen-bond acceptors (Lipinski definition) is 4. The molecule has 0 aliphatic carbocycles. The third-order valence-corrected chi connectivity index (χ3v) is 2.58. The SMILES string of the molecule is C=C(Nc1cccc(C(F)(F)F)c1)/C(OC)=C(\N=CN)C(=O)O. The Labute approximate surface area is 129 Å². The fraction of sp³-hybridized carbons (Fsp3) is 0.143. The fourth-order valence-electron chi connectivity index (χ4n) is 1.65. The number of ether oxygens (including phenoxy) is 1. The van der Waals surface area contributed by atoms with Crippen molar-refractivity contribution in [2.45, 2.75) is 6.18 Å². The Bertz CT molecular complexity index is 667. The van der Waals surface area contributed by atoms with Gasteiger partial charge in [-0.2, -0.15) is 13.2 Å². The topological polar surface area (TPSA) is 96.9 Å².